The van der Waals surface area contributed by atoms with Gasteiger partial charge in [-0.2, -0.15) is 34.9 Å². The molecule has 355 valence electrons. The van der Waals surface area contributed by atoms with Crippen molar-refractivity contribution in [2.45, 2.75) is 144 Å². The van der Waals surface area contributed by atoms with Crippen molar-refractivity contribution in [2.24, 2.45) is 0 Å². The molecule has 2 saturated heterocycles. The van der Waals surface area contributed by atoms with E-state index in [4.69, 9.17) is 15.8 Å². The average Bonchev–Trinajstić information content (AvgIpc) is 3.92. The summed E-state index contributed by atoms with van der Waals surface area (Å²) >= 11 is 0. The zero-order valence-electron chi connectivity index (χ0n) is 38.8. The van der Waals surface area contributed by atoms with E-state index in [0.717, 1.165) is 40.3 Å². The monoisotopic (exact) mass is 924 g/mol. The molecule has 21 nitrogen and oxygen atoms in total. The average molecular weight is 925 g/mol. The van der Waals surface area contributed by atoms with Gasteiger partial charge >= 0.3 is 24.2 Å². The first-order valence-electron chi connectivity index (χ1n) is 21.3. The Balaban J connectivity index is 0.00000103. The van der Waals surface area contributed by atoms with Gasteiger partial charge in [0.05, 0.1) is 4.92 Å². The SMILES string of the molecule is CCC(C)(C)NS(=O)(=O)N1CCC[C@H]1C(=O)OC(=O)Oc1ccc([N+](=O)[O-])cc1.CCCN(CC)C(=O)OC(=O)[C@@H]1CCCN1S(=O)(=O)NC(C)(C)CC.CCCNCC.[3H][B]O. The maximum atomic E-state index is 12.6. The van der Waals surface area contributed by atoms with E-state index in [2.05, 4.69) is 33.3 Å². The molecular formula is C38H69BN7O14S2. The predicted molar refractivity (Wildman–Crippen MR) is 235 cm³/mol. The van der Waals surface area contributed by atoms with E-state index in [-0.39, 0.29) is 39.0 Å². The van der Waals surface area contributed by atoms with Gasteiger partial charge in [0.2, 0.25) is 0 Å². The molecule has 1 aromatic carbocycles. The Hall–Kier alpha value is -3.78. The van der Waals surface area contributed by atoms with Crippen LogP contribution in [0.25, 0.3) is 0 Å². The third-order valence-corrected chi connectivity index (χ3v) is 13.3. The molecule has 0 aromatic heterocycles. The number of esters is 2. The molecule has 4 N–H and O–H groups in total. The van der Waals surface area contributed by atoms with Crippen molar-refractivity contribution in [3.63, 3.8) is 0 Å². The molecule has 2 fully saturated rings. The molecule has 2 aliphatic rings. The summed E-state index contributed by atoms with van der Waals surface area (Å²) < 4.78 is 77.7. The van der Waals surface area contributed by atoms with Gasteiger partial charge in [-0.3, -0.25) is 10.1 Å². The van der Waals surface area contributed by atoms with Crippen molar-refractivity contribution in [3.8, 4) is 5.75 Å². The number of non-ortho nitro benzene ring substituents is 1. The second-order valence-corrected chi connectivity index (χ2v) is 18.6. The Morgan fingerprint density at radius 1 is 0.855 bits per heavy atom. The Kier molecular flexibility index (Phi) is 25.5. The van der Waals surface area contributed by atoms with Crippen LogP contribution in [0, 0.1) is 10.1 Å². The molecule has 62 heavy (non-hydrogen) atoms. The summed E-state index contributed by atoms with van der Waals surface area (Å²) in [6.45, 7) is 22.2. The first-order valence-corrected chi connectivity index (χ1v) is 23.6. The zero-order chi connectivity index (χ0) is 48.6. The molecular weight excluding hydrogens is 853 g/mol. The number of nitrogens with one attached hydrogen (secondary N) is 3. The highest BCUT2D eigenvalue weighted by Gasteiger charge is 2.43. The van der Waals surface area contributed by atoms with Gasteiger partial charge in [0, 0.05) is 50.7 Å². The summed E-state index contributed by atoms with van der Waals surface area (Å²) in [4.78, 5) is 60.0. The summed E-state index contributed by atoms with van der Waals surface area (Å²) in [6.07, 6.45) is 2.60. The second-order valence-electron chi connectivity index (χ2n) is 15.4. The quantitative estimate of drug-likeness (QED) is 0.0310. The maximum absolute atomic E-state index is 12.6. The summed E-state index contributed by atoms with van der Waals surface area (Å²) in [5.41, 5.74) is -1.52. The number of nitro groups is 1. The molecule has 0 spiro atoms. The van der Waals surface area contributed by atoms with Crippen molar-refractivity contribution < 1.29 is 60.2 Å². The largest absolute Gasteiger partial charge is 0.521 e. The number of hydrogen-bond donors (Lipinski definition) is 4. The van der Waals surface area contributed by atoms with Crippen molar-refractivity contribution in [2.75, 3.05) is 39.3 Å². The van der Waals surface area contributed by atoms with Gasteiger partial charge in [0.1, 0.15) is 17.8 Å². The zero-order valence-corrected chi connectivity index (χ0v) is 39.4. The molecule has 24 heteroatoms. The van der Waals surface area contributed by atoms with Crippen molar-refractivity contribution in [3.05, 3.63) is 34.4 Å². The number of rotatable bonds is 18. The van der Waals surface area contributed by atoms with E-state index in [1.807, 2.05) is 20.8 Å². The molecule has 2 aliphatic heterocycles. The van der Waals surface area contributed by atoms with Crippen molar-refractivity contribution >= 4 is 58.3 Å². The number of hydrogen-bond acceptors (Lipinski definition) is 15. The number of benzene rings is 1. The van der Waals surface area contributed by atoms with Crippen LogP contribution in [-0.4, -0.2) is 136 Å². The summed E-state index contributed by atoms with van der Waals surface area (Å²) in [7, 11) is -7.55. The van der Waals surface area contributed by atoms with E-state index in [0.29, 0.717) is 45.2 Å². The molecule has 0 unspecified atom stereocenters. The lowest BCUT2D eigenvalue weighted by atomic mass is 10.0. The molecule has 0 aliphatic carbocycles. The minimum atomic E-state index is -3.97. The van der Waals surface area contributed by atoms with Gasteiger partial charge in [0.25, 0.3) is 34.1 Å². The van der Waals surface area contributed by atoms with Gasteiger partial charge in [-0.15, -0.1) is 0 Å². The number of nitro benzene ring substituents is 1. The molecule has 0 bridgehead atoms. The van der Waals surface area contributed by atoms with Gasteiger partial charge in [-0.25, -0.2) is 19.2 Å². The third-order valence-electron chi connectivity index (χ3n) is 9.58. The fourth-order valence-electron chi connectivity index (χ4n) is 5.61. The Morgan fingerprint density at radius 2 is 1.31 bits per heavy atom. The first kappa shape index (κ1) is 56.2. The lowest BCUT2D eigenvalue weighted by Gasteiger charge is -2.30. The maximum Gasteiger partial charge on any atom is 0.521 e. The van der Waals surface area contributed by atoms with Crippen LogP contribution in [0.1, 0.15) is 121 Å². The van der Waals surface area contributed by atoms with Crippen LogP contribution in [0.3, 0.4) is 0 Å². The van der Waals surface area contributed by atoms with Crippen LogP contribution in [-0.2, 0) is 39.5 Å². The molecule has 0 saturated carbocycles. The Labute approximate surface area is 370 Å². The number of carbonyl (C=O) groups is 4. The molecule has 1 radical (unpaired) electrons. The fourth-order valence-corrected chi connectivity index (χ4v) is 9.32. The number of ether oxygens (including phenoxy) is 3. The number of nitrogens with zero attached hydrogens (tertiary/aromatic N) is 4. The smallest absolute Gasteiger partial charge is 0.459 e. The molecule has 2 heterocycles. The van der Waals surface area contributed by atoms with Gasteiger partial charge in [-0.05, 0) is 111 Å². The van der Waals surface area contributed by atoms with E-state index < -0.39 is 72.7 Å². The van der Waals surface area contributed by atoms with Crippen LogP contribution < -0.4 is 19.5 Å². The van der Waals surface area contributed by atoms with E-state index in [1.165, 1.54) is 23.5 Å². The van der Waals surface area contributed by atoms with Gasteiger partial charge in [-0.1, -0.05) is 34.6 Å². The fraction of sp³-hybridized carbons (Fsp3) is 0.737. The minimum absolute atomic E-state index is 0.0596. The second kappa shape index (κ2) is 28.1. The molecule has 3 rings (SSSR count). The minimum Gasteiger partial charge on any atom is -0.459 e. The summed E-state index contributed by atoms with van der Waals surface area (Å²) in [6, 6.07) is 2.48. The lowest BCUT2D eigenvalue weighted by molar-refractivity contribution is -0.384. The van der Waals surface area contributed by atoms with E-state index in [1.54, 1.807) is 34.6 Å². The summed E-state index contributed by atoms with van der Waals surface area (Å²) in [5.74, 6) is -1.92. The van der Waals surface area contributed by atoms with E-state index >= 15 is 0 Å². The Bertz CT molecular complexity index is 1810. The van der Waals surface area contributed by atoms with E-state index in [9.17, 15) is 46.1 Å². The molecule has 1 amide bonds. The van der Waals surface area contributed by atoms with Crippen LogP contribution >= 0.6 is 0 Å². The first-order chi connectivity index (χ1) is 29.4. The number of amides is 1. The highest BCUT2D eigenvalue weighted by atomic mass is 32.2. The number of carbonyl (C=O) groups excluding carboxylic acids is 4. The third kappa shape index (κ3) is 20.2. The topological polar surface area (TPSA) is 273 Å². The van der Waals surface area contributed by atoms with Crippen molar-refractivity contribution in [1.29, 1.82) is 1.34 Å². The highest BCUT2D eigenvalue weighted by Crippen LogP contribution is 2.25. The summed E-state index contributed by atoms with van der Waals surface area (Å²) in [5, 5.41) is 20.9. The van der Waals surface area contributed by atoms with Crippen LogP contribution in [0.5, 0.6) is 5.75 Å². The van der Waals surface area contributed by atoms with Crippen LogP contribution in [0.4, 0.5) is 15.3 Å². The standard InChI is InChI=1S/C17H23N3O8S.C16H31N3O5S.C5H13N.BH2O/c1-4-17(2,3)18-29(25,26)19-11-5-6-14(19)15(21)28-16(22)27-13-9-7-12(8-10-13)20(23)24;1-6-11-18(8-3)15(21)24-14(20)13-10-9-12-19(13)25(22,23)17-16(4,5)7-2;1-3-5-6-4-2;1-2/h7-10,14,18H,4-6,11H2,1-3H3;13,17H,6-12H2,1-5H3;6H,3-5H2,1-2H3;1-2H/t14-;13-;;/m00../s1/i;;;1T. The van der Waals surface area contributed by atoms with Crippen LogP contribution in [0.2, 0.25) is 0 Å². The van der Waals surface area contributed by atoms with Crippen molar-refractivity contribution in [1.82, 2.24) is 28.3 Å². The lowest BCUT2D eigenvalue weighted by Crippen LogP contribution is -2.53. The predicted octanol–water partition coefficient (Wildman–Crippen LogP) is 3.79. The van der Waals surface area contributed by atoms with Crippen LogP contribution in [0.15, 0.2) is 24.3 Å². The van der Waals surface area contributed by atoms with Gasteiger partial charge < -0.3 is 29.5 Å². The highest BCUT2D eigenvalue weighted by molar-refractivity contribution is 7.87. The normalized spacial score (nSPS) is 17.0. The molecule has 1 aromatic rings. The van der Waals surface area contributed by atoms with Gasteiger partial charge in [0.15, 0.2) is 0 Å². The molecule has 2 atom stereocenters. The Morgan fingerprint density at radius 3 is 1.66 bits per heavy atom.